The standard InChI is InChI=1S/C25H20Cl2N2O5/c1-33-16-4-6-20(34-2)17(12-16)23(30)21-22(15-3-5-18(26)19(27)11-15)29(25(32)24(21)31)13-14-7-9-28-10-8-14/h3-12,22,30H,13H2,1-2H3/b23-21+. The highest BCUT2D eigenvalue weighted by atomic mass is 35.5. The van der Waals surface area contributed by atoms with Crippen LogP contribution in [0, 0.1) is 0 Å². The fraction of sp³-hybridized carbons (Fsp3) is 0.160. The molecule has 0 spiro atoms. The third-order valence-electron chi connectivity index (χ3n) is 5.56. The normalized spacial score (nSPS) is 17.2. The van der Waals surface area contributed by atoms with Crippen molar-refractivity contribution in [2.75, 3.05) is 14.2 Å². The van der Waals surface area contributed by atoms with E-state index in [1.165, 1.54) is 25.2 Å². The third kappa shape index (κ3) is 4.32. The lowest BCUT2D eigenvalue weighted by Crippen LogP contribution is -2.29. The molecule has 1 fully saturated rings. The SMILES string of the molecule is COc1ccc(OC)c(/C(O)=C2\C(=O)C(=O)N(Cc3ccncc3)C2c2ccc(Cl)c(Cl)c2)c1. The monoisotopic (exact) mass is 498 g/mol. The van der Waals surface area contributed by atoms with Crippen molar-refractivity contribution in [3.63, 3.8) is 0 Å². The lowest BCUT2D eigenvalue weighted by molar-refractivity contribution is -0.140. The first-order valence-electron chi connectivity index (χ1n) is 10.2. The number of benzene rings is 2. The molecule has 1 aliphatic rings. The number of aromatic nitrogens is 1. The van der Waals surface area contributed by atoms with Gasteiger partial charge in [-0.15, -0.1) is 0 Å². The number of aliphatic hydroxyl groups excluding tert-OH is 1. The maximum absolute atomic E-state index is 13.3. The lowest BCUT2D eigenvalue weighted by Gasteiger charge is -2.26. The van der Waals surface area contributed by atoms with Crippen LogP contribution in [0.5, 0.6) is 11.5 Å². The molecule has 3 aromatic rings. The number of amides is 1. The number of nitrogens with zero attached hydrogens (tertiary/aromatic N) is 2. The Morgan fingerprint density at radius 1 is 1.00 bits per heavy atom. The Morgan fingerprint density at radius 2 is 1.74 bits per heavy atom. The minimum atomic E-state index is -0.918. The molecule has 1 amide bonds. The smallest absolute Gasteiger partial charge is 0.295 e. The van der Waals surface area contributed by atoms with E-state index in [2.05, 4.69) is 4.98 Å². The van der Waals surface area contributed by atoms with Gasteiger partial charge in [-0.3, -0.25) is 14.6 Å². The number of aliphatic hydroxyl groups is 1. The predicted molar refractivity (Wildman–Crippen MR) is 128 cm³/mol. The molecule has 2 heterocycles. The number of rotatable bonds is 6. The van der Waals surface area contributed by atoms with Gasteiger partial charge in [0, 0.05) is 18.9 Å². The molecule has 7 nitrogen and oxygen atoms in total. The van der Waals surface area contributed by atoms with Crippen LogP contribution in [0.15, 0.2) is 66.5 Å². The fourth-order valence-electron chi connectivity index (χ4n) is 3.90. The van der Waals surface area contributed by atoms with Gasteiger partial charge >= 0.3 is 0 Å². The largest absolute Gasteiger partial charge is 0.507 e. The van der Waals surface area contributed by atoms with Crippen LogP contribution in [-0.4, -0.2) is 40.9 Å². The molecule has 0 saturated carbocycles. The average Bonchev–Trinajstić information content (AvgIpc) is 3.10. The lowest BCUT2D eigenvalue weighted by atomic mass is 9.94. The molecule has 1 N–H and O–H groups in total. The summed E-state index contributed by atoms with van der Waals surface area (Å²) < 4.78 is 10.6. The number of methoxy groups -OCH3 is 2. The van der Waals surface area contributed by atoms with Gasteiger partial charge < -0.3 is 19.5 Å². The minimum absolute atomic E-state index is 0.0935. The Morgan fingerprint density at radius 3 is 2.38 bits per heavy atom. The van der Waals surface area contributed by atoms with Crippen molar-refractivity contribution in [2.24, 2.45) is 0 Å². The number of ketones is 1. The van der Waals surface area contributed by atoms with Crippen LogP contribution in [-0.2, 0) is 16.1 Å². The highest BCUT2D eigenvalue weighted by Gasteiger charge is 2.46. The van der Waals surface area contributed by atoms with Gasteiger partial charge in [-0.2, -0.15) is 0 Å². The first-order chi connectivity index (χ1) is 16.3. The summed E-state index contributed by atoms with van der Waals surface area (Å²) in [5.74, 6) is -1.21. The zero-order valence-corrected chi connectivity index (χ0v) is 19.8. The number of halogens is 2. The van der Waals surface area contributed by atoms with Crippen LogP contribution < -0.4 is 9.47 Å². The number of hydrogen-bond donors (Lipinski definition) is 1. The molecule has 0 bridgehead atoms. The molecule has 9 heteroatoms. The van der Waals surface area contributed by atoms with Crippen molar-refractivity contribution < 1.29 is 24.2 Å². The van der Waals surface area contributed by atoms with Crippen LogP contribution in [0.3, 0.4) is 0 Å². The topological polar surface area (TPSA) is 89.0 Å². The van der Waals surface area contributed by atoms with Gasteiger partial charge in [0.15, 0.2) is 0 Å². The van der Waals surface area contributed by atoms with Gasteiger partial charge in [0.2, 0.25) is 0 Å². The second-order valence-corrected chi connectivity index (χ2v) is 8.34. The second-order valence-electron chi connectivity index (χ2n) is 7.52. The first kappa shape index (κ1) is 23.6. The molecule has 0 aliphatic carbocycles. The van der Waals surface area contributed by atoms with E-state index in [0.717, 1.165) is 5.56 Å². The molecule has 1 aromatic heterocycles. The van der Waals surface area contributed by atoms with E-state index in [4.69, 9.17) is 32.7 Å². The van der Waals surface area contributed by atoms with Gasteiger partial charge in [-0.25, -0.2) is 0 Å². The third-order valence-corrected chi connectivity index (χ3v) is 6.30. The van der Waals surface area contributed by atoms with Crippen LogP contribution in [0.2, 0.25) is 10.0 Å². The highest BCUT2D eigenvalue weighted by molar-refractivity contribution is 6.46. The van der Waals surface area contributed by atoms with Crippen molar-refractivity contribution in [2.45, 2.75) is 12.6 Å². The van der Waals surface area contributed by atoms with Gasteiger partial charge in [0.25, 0.3) is 11.7 Å². The minimum Gasteiger partial charge on any atom is -0.507 e. The van der Waals surface area contributed by atoms with Gasteiger partial charge in [0.1, 0.15) is 17.3 Å². The Labute approximate surface area is 206 Å². The highest BCUT2D eigenvalue weighted by Crippen LogP contribution is 2.43. The van der Waals surface area contributed by atoms with E-state index in [0.29, 0.717) is 22.1 Å². The van der Waals surface area contributed by atoms with Crippen molar-refractivity contribution in [1.82, 2.24) is 9.88 Å². The number of ether oxygens (including phenoxy) is 2. The predicted octanol–water partition coefficient (Wildman–Crippen LogP) is 5.03. The van der Waals surface area contributed by atoms with Crippen LogP contribution in [0.25, 0.3) is 5.76 Å². The molecular weight excluding hydrogens is 479 g/mol. The maximum Gasteiger partial charge on any atom is 0.295 e. The first-order valence-corrected chi connectivity index (χ1v) is 11.0. The van der Waals surface area contributed by atoms with E-state index in [1.807, 2.05) is 0 Å². The Balaban J connectivity index is 1.93. The Hall–Kier alpha value is -3.55. The number of likely N-dealkylation sites (tertiary alicyclic amines) is 1. The van der Waals surface area contributed by atoms with Crippen molar-refractivity contribution in [1.29, 1.82) is 0 Å². The summed E-state index contributed by atoms with van der Waals surface area (Å²) >= 11 is 12.4. The molecule has 34 heavy (non-hydrogen) atoms. The van der Waals surface area contributed by atoms with Crippen LogP contribution >= 0.6 is 23.2 Å². The van der Waals surface area contributed by atoms with Gasteiger partial charge in [0.05, 0.1) is 41.4 Å². The van der Waals surface area contributed by atoms with E-state index in [9.17, 15) is 14.7 Å². The molecule has 2 aromatic carbocycles. The summed E-state index contributed by atoms with van der Waals surface area (Å²) in [6, 6.07) is 12.2. The summed E-state index contributed by atoms with van der Waals surface area (Å²) in [5, 5.41) is 11.9. The zero-order valence-electron chi connectivity index (χ0n) is 18.3. The summed E-state index contributed by atoms with van der Waals surface area (Å²) in [4.78, 5) is 31.8. The fourth-order valence-corrected chi connectivity index (χ4v) is 4.21. The Bertz CT molecular complexity index is 1290. The van der Waals surface area contributed by atoms with E-state index in [-0.39, 0.29) is 28.5 Å². The number of hydrogen-bond acceptors (Lipinski definition) is 6. The summed E-state index contributed by atoms with van der Waals surface area (Å²) in [7, 11) is 2.92. The Kier molecular flexibility index (Phi) is 6.77. The van der Waals surface area contributed by atoms with E-state index >= 15 is 0 Å². The molecule has 1 atom stereocenters. The van der Waals surface area contributed by atoms with Crippen LogP contribution in [0.4, 0.5) is 0 Å². The molecule has 1 unspecified atom stereocenters. The van der Waals surface area contributed by atoms with Gasteiger partial charge in [-0.05, 0) is 53.6 Å². The summed E-state index contributed by atoms with van der Waals surface area (Å²) in [6.07, 6.45) is 3.20. The number of carbonyl (C=O) groups excluding carboxylic acids is 2. The van der Waals surface area contributed by atoms with Crippen molar-refractivity contribution in [3.05, 3.63) is 93.2 Å². The molecule has 174 valence electrons. The average molecular weight is 499 g/mol. The summed E-state index contributed by atoms with van der Waals surface area (Å²) in [6.45, 7) is 0.115. The summed E-state index contributed by atoms with van der Waals surface area (Å²) in [5.41, 5.74) is 1.41. The second kappa shape index (κ2) is 9.75. The maximum atomic E-state index is 13.3. The quantitative estimate of drug-likeness (QED) is 0.291. The molecular formula is C25H20Cl2N2O5. The molecule has 1 saturated heterocycles. The van der Waals surface area contributed by atoms with Crippen molar-refractivity contribution >= 4 is 40.7 Å². The van der Waals surface area contributed by atoms with E-state index in [1.54, 1.807) is 54.9 Å². The van der Waals surface area contributed by atoms with Gasteiger partial charge in [-0.1, -0.05) is 29.3 Å². The molecule has 1 aliphatic heterocycles. The number of carbonyl (C=O) groups is 2. The number of pyridine rings is 1. The van der Waals surface area contributed by atoms with E-state index < -0.39 is 17.7 Å². The van der Waals surface area contributed by atoms with Crippen LogP contribution in [0.1, 0.15) is 22.7 Å². The molecule has 4 rings (SSSR count). The van der Waals surface area contributed by atoms with Crippen molar-refractivity contribution in [3.8, 4) is 11.5 Å². The number of Topliss-reactive ketones (excluding diaryl/α,β-unsaturated/α-hetero) is 1. The molecule has 0 radical (unpaired) electrons. The zero-order chi connectivity index (χ0) is 24.4.